The molecule has 1 amide bonds. The second kappa shape index (κ2) is 9.44. The summed E-state index contributed by atoms with van der Waals surface area (Å²) in [7, 11) is 1.63. The third-order valence-corrected chi connectivity index (χ3v) is 2.23. The van der Waals surface area contributed by atoms with E-state index in [0.717, 1.165) is 5.69 Å². The number of carbonyl (C=O) groups excluding carboxylic acids is 1. The van der Waals surface area contributed by atoms with Gasteiger partial charge in [0.15, 0.2) is 0 Å². The SMILES string of the molecule is COCCOCCNC(=O)CNc1ccccc1. The van der Waals surface area contributed by atoms with Gasteiger partial charge in [-0.15, -0.1) is 0 Å². The van der Waals surface area contributed by atoms with Gasteiger partial charge in [-0.3, -0.25) is 4.79 Å². The molecular formula is C13H20N2O3. The Morgan fingerprint density at radius 3 is 2.67 bits per heavy atom. The third kappa shape index (κ3) is 6.88. The highest BCUT2D eigenvalue weighted by atomic mass is 16.5. The van der Waals surface area contributed by atoms with Crippen LogP contribution in [0.4, 0.5) is 5.69 Å². The van der Waals surface area contributed by atoms with Gasteiger partial charge in [-0.2, -0.15) is 0 Å². The smallest absolute Gasteiger partial charge is 0.239 e. The van der Waals surface area contributed by atoms with Crippen LogP contribution in [-0.4, -0.2) is 45.9 Å². The van der Waals surface area contributed by atoms with Crippen molar-refractivity contribution in [1.82, 2.24) is 5.32 Å². The van der Waals surface area contributed by atoms with Crippen molar-refractivity contribution in [3.8, 4) is 0 Å². The van der Waals surface area contributed by atoms with Crippen LogP contribution >= 0.6 is 0 Å². The summed E-state index contributed by atoms with van der Waals surface area (Å²) < 4.78 is 10.1. The van der Waals surface area contributed by atoms with E-state index in [2.05, 4.69) is 10.6 Å². The van der Waals surface area contributed by atoms with Crippen molar-refractivity contribution in [2.45, 2.75) is 0 Å². The first-order chi connectivity index (χ1) is 8.83. The van der Waals surface area contributed by atoms with Crippen molar-refractivity contribution >= 4 is 11.6 Å². The molecule has 0 saturated heterocycles. The highest BCUT2D eigenvalue weighted by Crippen LogP contribution is 2.03. The third-order valence-electron chi connectivity index (χ3n) is 2.23. The van der Waals surface area contributed by atoms with Gasteiger partial charge in [0.05, 0.1) is 26.4 Å². The molecule has 0 bridgehead atoms. The van der Waals surface area contributed by atoms with Crippen LogP contribution in [0.5, 0.6) is 0 Å². The fourth-order valence-corrected chi connectivity index (χ4v) is 1.31. The van der Waals surface area contributed by atoms with Crippen LogP contribution < -0.4 is 10.6 Å². The van der Waals surface area contributed by atoms with Crippen molar-refractivity contribution in [2.24, 2.45) is 0 Å². The lowest BCUT2D eigenvalue weighted by molar-refractivity contribution is -0.119. The van der Waals surface area contributed by atoms with Gasteiger partial charge >= 0.3 is 0 Å². The van der Waals surface area contributed by atoms with Gasteiger partial charge in [0.1, 0.15) is 0 Å². The quantitative estimate of drug-likeness (QED) is 0.640. The van der Waals surface area contributed by atoms with E-state index in [4.69, 9.17) is 9.47 Å². The van der Waals surface area contributed by atoms with Crippen molar-refractivity contribution in [3.63, 3.8) is 0 Å². The Hall–Kier alpha value is -1.59. The fraction of sp³-hybridized carbons (Fsp3) is 0.462. The van der Waals surface area contributed by atoms with E-state index in [0.29, 0.717) is 26.4 Å². The lowest BCUT2D eigenvalue weighted by atomic mass is 10.3. The molecule has 1 rings (SSSR count). The second-order valence-electron chi connectivity index (χ2n) is 3.67. The molecule has 0 radical (unpaired) electrons. The van der Waals surface area contributed by atoms with E-state index in [1.807, 2.05) is 30.3 Å². The Morgan fingerprint density at radius 2 is 1.94 bits per heavy atom. The van der Waals surface area contributed by atoms with Crippen LogP contribution in [0.2, 0.25) is 0 Å². The van der Waals surface area contributed by atoms with Crippen molar-refractivity contribution < 1.29 is 14.3 Å². The molecule has 0 saturated carbocycles. The van der Waals surface area contributed by atoms with Gasteiger partial charge in [0.2, 0.25) is 5.91 Å². The summed E-state index contributed by atoms with van der Waals surface area (Å²) in [4.78, 5) is 11.5. The van der Waals surface area contributed by atoms with Gasteiger partial charge in [0, 0.05) is 19.3 Å². The number of para-hydroxylation sites is 1. The highest BCUT2D eigenvalue weighted by Gasteiger charge is 1.99. The lowest BCUT2D eigenvalue weighted by Gasteiger charge is -2.08. The van der Waals surface area contributed by atoms with Crippen molar-refractivity contribution in [1.29, 1.82) is 0 Å². The van der Waals surface area contributed by atoms with Crippen LogP contribution in [-0.2, 0) is 14.3 Å². The van der Waals surface area contributed by atoms with Crippen LogP contribution in [0.25, 0.3) is 0 Å². The maximum absolute atomic E-state index is 11.5. The molecule has 2 N–H and O–H groups in total. The van der Waals surface area contributed by atoms with Crippen LogP contribution in [0, 0.1) is 0 Å². The largest absolute Gasteiger partial charge is 0.382 e. The summed E-state index contributed by atoms with van der Waals surface area (Å²) in [5.41, 5.74) is 0.934. The molecule has 0 aliphatic rings. The minimum absolute atomic E-state index is 0.0470. The number of hydrogen-bond donors (Lipinski definition) is 2. The van der Waals surface area contributed by atoms with E-state index < -0.39 is 0 Å². The molecule has 0 aromatic heterocycles. The molecule has 0 unspecified atom stereocenters. The number of amides is 1. The number of ether oxygens (including phenoxy) is 2. The molecule has 1 aromatic carbocycles. The molecule has 100 valence electrons. The Morgan fingerprint density at radius 1 is 1.17 bits per heavy atom. The lowest BCUT2D eigenvalue weighted by Crippen LogP contribution is -2.32. The molecule has 18 heavy (non-hydrogen) atoms. The zero-order valence-corrected chi connectivity index (χ0v) is 10.6. The first kappa shape index (κ1) is 14.5. The summed E-state index contributed by atoms with van der Waals surface area (Å²) in [5, 5.41) is 5.80. The maximum atomic E-state index is 11.5. The molecule has 1 aromatic rings. The van der Waals surface area contributed by atoms with Gasteiger partial charge in [-0.25, -0.2) is 0 Å². The number of rotatable bonds is 9. The molecule has 0 heterocycles. The molecule has 0 atom stereocenters. The van der Waals surface area contributed by atoms with E-state index in [-0.39, 0.29) is 12.5 Å². The number of hydrogen-bond acceptors (Lipinski definition) is 4. The van der Waals surface area contributed by atoms with Crippen LogP contribution in [0.1, 0.15) is 0 Å². The number of benzene rings is 1. The van der Waals surface area contributed by atoms with E-state index in [1.165, 1.54) is 0 Å². The Labute approximate surface area is 107 Å². The first-order valence-electron chi connectivity index (χ1n) is 5.95. The Balaban J connectivity index is 2.01. The van der Waals surface area contributed by atoms with Crippen LogP contribution in [0.15, 0.2) is 30.3 Å². The van der Waals surface area contributed by atoms with E-state index >= 15 is 0 Å². The molecule has 5 heteroatoms. The Kier molecular flexibility index (Phi) is 7.59. The summed E-state index contributed by atoms with van der Waals surface area (Å²) in [6, 6.07) is 9.61. The minimum atomic E-state index is -0.0470. The summed E-state index contributed by atoms with van der Waals surface area (Å²) >= 11 is 0. The van der Waals surface area contributed by atoms with Gasteiger partial charge in [-0.05, 0) is 12.1 Å². The first-order valence-corrected chi connectivity index (χ1v) is 5.95. The van der Waals surface area contributed by atoms with Crippen LogP contribution in [0.3, 0.4) is 0 Å². The van der Waals surface area contributed by atoms with Gasteiger partial charge < -0.3 is 20.1 Å². The predicted octanol–water partition coefficient (Wildman–Crippen LogP) is 0.878. The monoisotopic (exact) mass is 252 g/mol. The predicted molar refractivity (Wildman–Crippen MR) is 70.6 cm³/mol. The zero-order valence-electron chi connectivity index (χ0n) is 10.6. The molecule has 0 aliphatic carbocycles. The molecule has 0 spiro atoms. The normalized spacial score (nSPS) is 10.1. The average molecular weight is 252 g/mol. The van der Waals surface area contributed by atoms with E-state index in [1.54, 1.807) is 7.11 Å². The molecular weight excluding hydrogens is 232 g/mol. The standard InChI is InChI=1S/C13H20N2O3/c1-17-9-10-18-8-7-14-13(16)11-15-12-5-3-2-4-6-12/h2-6,15H,7-11H2,1H3,(H,14,16). The zero-order chi connectivity index (χ0) is 13.1. The summed E-state index contributed by atoms with van der Waals surface area (Å²) in [6.45, 7) is 2.40. The molecule has 0 aliphatic heterocycles. The van der Waals surface area contributed by atoms with Gasteiger partial charge in [-0.1, -0.05) is 18.2 Å². The number of anilines is 1. The minimum Gasteiger partial charge on any atom is -0.382 e. The van der Waals surface area contributed by atoms with Crippen molar-refractivity contribution in [2.75, 3.05) is 45.3 Å². The fourth-order valence-electron chi connectivity index (χ4n) is 1.31. The Bertz CT molecular complexity index is 330. The topological polar surface area (TPSA) is 59.6 Å². The number of nitrogens with one attached hydrogen (secondary N) is 2. The molecule has 0 fully saturated rings. The number of carbonyl (C=O) groups is 1. The van der Waals surface area contributed by atoms with Gasteiger partial charge in [0.25, 0.3) is 0 Å². The highest BCUT2D eigenvalue weighted by molar-refractivity contribution is 5.80. The average Bonchev–Trinajstić information content (AvgIpc) is 2.41. The summed E-state index contributed by atoms with van der Waals surface area (Å²) in [6.07, 6.45) is 0. The van der Waals surface area contributed by atoms with Crippen molar-refractivity contribution in [3.05, 3.63) is 30.3 Å². The van der Waals surface area contributed by atoms with E-state index in [9.17, 15) is 4.79 Å². The molecule has 5 nitrogen and oxygen atoms in total. The maximum Gasteiger partial charge on any atom is 0.239 e. The summed E-state index contributed by atoms with van der Waals surface area (Å²) in [5.74, 6) is -0.0470. The second-order valence-corrected chi connectivity index (χ2v) is 3.67. The number of methoxy groups -OCH3 is 1.